The third kappa shape index (κ3) is 2.45. The van der Waals surface area contributed by atoms with Crippen molar-refractivity contribution in [3.63, 3.8) is 0 Å². The maximum Gasteiger partial charge on any atom is 0.260 e. The second-order valence-corrected chi connectivity index (χ2v) is 4.67. The van der Waals surface area contributed by atoms with Crippen LogP contribution in [0.15, 0.2) is 41.0 Å². The molecule has 0 aliphatic rings. The van der Waals surface area contributed by atoms with E-state index in [9.17, 15) is 4.79 Å². The first kappa shape index (κ1) is 12.9. The third-order valence-electron chi connectivity index (χ3n) is 2.63. The Bertz CT molecular complexity index is 781. The largest absolute Gasteiger partial charge is 0.463 e. The van der Waals surface area contributed by atoms with Crippen molar-refractivity contribution >= 4 is 45.9 Å². The molecule has 0 fully saturated rings. The van der Waals surface area contributed by atoms with Gasteiger partial charge in [-0.2, -0.15) is 0 Å². The van der Waals surface area contributed by atoms with Crippen LogP contribution in [0.4, 0.5) is 5.82 Å². The molecule has 0 aliphatic carbocycles. The molecule has 2 heterocycles. The van der Waals surface area contributed by atoms with Crippen molar-refractivity contribution in [3.05, 3.63) is 52.6 Å². The van der Waals surface area contributed by atoms with Gasteiger partial charge in [0.2, 0.25) is 5.28 Å². The number of rotatable bonds is 2. The fourth-order valence-corrected chi connectivity index (χ4v) is 2.20. The van der Waals surface area contributed by atoms with Crippen LogP contribution in [-0.4, -0.2) is 15.9 Å². The number of nitrogens with one attached hydrogen (secondary N) is 1. The summed E-state index contributed by atoms with van der Waals surface area (Å²) in [6.45, 7) is 0. The number of para-hydroxylation sites is 1. The van der Waals surface area contributed by atoms with Crippen molar-refractivity contribution in [1.29, 1.82) is 0 Å². The zero-order chi connectivity index (χ0) is 14.1. The summed E-state index contributed by atoms with van der Waals surface area (Å²) in [4.78, 5) is 19.8. The molecule has 0 spiro atoms. The predicted octanol–water partition coefficient (Wildman–Crippen LogP) is 3.78. The lowest BCUT2D eigenvalue weighted by Crippen LogP contribution is -2.12. The van der Waals surface area contributed by atoms with E-state index in [1.54, 1.807) is 12.1 Å². The van der Waals surface area contributed by atoms with Crippen LogP contribution in [0.2, 0.25) is 10.4 Å². The quantitative estimate of drug-likeness (QED) is 0.578. The Hall–Kier alpha value is -2.11. The van der Waals surface area contributed by atoms with Gasteiger partial charge in [-0.05, 0) is 17.7 Å². The smallest absolute Gasteiger partial charge is 0.260 e. The summed E-state index contributed by atoms with van der Waals surface area (Å²) >= 11 is 11.4. The van der Waals surface area contributed by atoms with Gasteiger partial charge in [0.15, 0.2) is 0 Å². The molecule has 3 rings (SSSR count). The van der Waals surface area contributed by atoms with Gasteiger partial charge in [0.05, 0.1) is 5.56 Å². The van der Waals surface area contributed by atoms with Crippen molar-refractivity contribution < 1.29 is 9.21 Å². The predicted molar refractivity (Wildman–Crippen MR) is 76.2 cm³/mol. The SMILES string of the molecule is O=C(Nc1cc(Cl)nc(Cl)n1)c1coc2ccccc12. The molecule has 0 saturated heterocycles. The standard InChI is InChI=1S/C13H7Cl2N3O2/c14-10-5-11(18-13(15)16-10)17-12(19)8-6-20-9-4-2-1-3-7(8)9/h1-6H,(H,16,17,18,19). The van der Waals surface area contributed by atoms with Gasteiger partial charge in [-0.15, -0.1) is 0 Å². The molecule has 0 unspecified atom stereocenters. The first-order chi connectivity index (χ1) is 9.63. The zero-order valence-electron chi connectivity index (χ0n) is 9.93. The maximum absolute atomic E-state index is 12.2. The van der Waals surface area contributed by atoms with E-state index in [2.05, 4.69) is 15.3 Å². The molecular formula is C13H7Cl2N3O2. The topological polar surface area (TPSA) is 68.0 Å². The fourth-order valence-electron chi connectivity index (χ4n) is 1.79. The molecule has 0 aliphatic heterocycles. The minimum atomic E-state index is -0.360. The van der Waals surface area contributed by atoms with Crippen LogP contribution in [0.25, 0.3) is 11.0 Å². The lowest BCUT2D eigenvalue weighted by atomic mass is 10.1. The molecule has 2 aromatic heterocycles. The van der Waals surface area contributed by atoms with E-state index in [1.807, 2.05) is 12.1 Å². The number of hydrogen-bond acceptors (Lipinski definition) is 4. The Labute approximate surface area is 123 Å². The second-order valence-electron chi connectivity index (χ2n) is 3.94. The number of amides is 1. The lowest BCUT2D eigenvalue weighted by molar-refractivity contribution is 0.102. The number of anilines is 1. The number of carbonyl (C=O) groups excluding carboxylic acids is 1. The Morgan fingerprint density at radius 2 is 2.00 bits per heavy atom. The summed E-state index contributed by atoms with van der Waals surface area (Å²) in [5, 5.41) is 3.43. The van der Waals surface area contributed by atoms with Crippen LogP contribution in [-0.2, 0) is 0 Å². The van der Waals surface area contributed by atoms with Crippen LogP contribution >= 0.6 is 23.2 Å². The molecule has 1 amide bonds. The van der Waals surface area contributed by atoms with Gasteiger partial charge in [0.25, 0.3) is 5.91 Å². The first-order valence-corrected chi connectivity index (χ1v) is 6.37. The fraction of sp³-hybridized carbons (Fsp3) is 0. The van der Waals surface area contributed by atoms with Gasteiger partial charge in [0.1, 0.15) is 22.8 Å². The number of aromatic nitrogens is 2. The summed E-state index contributed by atoms with van der Waals surface area (Å²) in [5.41, 5.74) is 1.04. The van der Waals surface area contributed by atoms with E-state index >= 15 is 0 Å². The van der Waals surface area contributed by atoms with Crippen LogP contribution in [0.1, 0.15) is 10.4 Å². The summed E-state index contributed by atoms with van der Waals surface area (Å²) in [6.07, 6.45) is 1.39. The number of carbonyl (C=O) groups is 1. The van der Waals surface area contributed by atoms with E-state index in [4.69, 9.17) is 27.6 Å². The van der Waals surface area contributed by atoms with E-state index < -0.39 is 0 Å². The van der Waals surface area contributed by atoms with Crippen molar-refractivity contribution in [2.24, 2.45) is 0 Å². The molecule has 0 bridgehead atoms. The Kier molecular flexibility index (Phi) is 3.30. The second kappa shape index (κ2) is 5.11. The van der Waals surface area contributed by atoms with Crippen LogP contribution in [0.5, 0.6) is 0 Å². The number of benzene rings is 1. The van der Waals surface area contributed by atoms with Crippen molar-refractivity contribution in [2.75, 3.05) is 5.32 Å². The first-order valence-electron chi connectivity index (χ1n) is 5.61. The molecule has 5 nitrogen and oxygen atoms in total. The highest BCUT2D eigenvalue weighted by atomic mass is 35.5. The van der Waals surface area contributed by atoms with E-state index in [0.29, 0.717) is 11.1 Å². The van der Waals surface area contributed by atoms with Crippen LogP contribution in [0, 0.1) is 0 Å². The Morgan fingerprint density at radius 1 is 1.20 bits per heavy atom. The molecule has 0 radical (unpaired) electrons. The lowest BCUT2D eigenvalue weighted by Gasteiger charge is -2.03. The molecule has 0 saturated carbocycles. The molecule has 1 aromatic carbocycles. The molecule has 1 N–H and O–H groups in total. The highest BCUT2D eigenvalue weighted by molar-refractivity contribution is 6.32. The van der Waals surface area contributed by atoms with Crippen LogP contribution in [0.3, 0.4) is 0 Å². The van der Waals surface area contributed by atoms with Gasteiger partial charge in [-0.25, -0.2) is 9.97 Å². The normalized spacial score (nSPS) is 10.7. The monoisotopic (exact) mass is 307 g/mol. The number of fused-ring (bicyclic) bond motifs is 1. The Morgan fingerprint density at radius 3 is 2.80 bits per heavy atom. The van der Waals surface area contributed by atoms with Gasteiger partial charge in [0, 0.05) is 11.5 Å². The number of furan rings is 1. The molecule has 3 aromatic rings. The Balaban J connectivity index is 1.93. The number of nitrogens with zero attached hydrogens (tertiary/aromatic N) is 2. The highest BCUT2D eigenvalue weighted by Crippen LogP contribution is 2.22. The highest BCUT2D eigenvalue weighted by Gasteiger charge is 2.14. The summed E-state index contributed by atoms with van der Waals surface area (Å²) in [6, 6.07) is 8.65. The van der Waals surface area contributed by atoms with Gasteiger partial charge in [-0.1, -0.05) is 29.8 Å². The molecular weight excluding hydrogens is 301 g/mol. The number of halogens is 2. The van der Waals surface area contributed by atoms with E-state index in [-0.39, 0.29) is 22.2 Å². The number of hydrogen-bond donors (Lipinski definition) is 1. The summed E-state index contributed by atoms with van der Waals surface area (Å²) in [5.74, 6) is -0.133. The van der Waals surface area contributed by atoms with Crippen molar-refractivity contribution in [3.8, 4) is 0 Å². The summed E-state index contributed by atoms with van der Waals surface area (Å²) < 4.78 is 5.31. The van der Waals surface area contributed by atoms with Gasteiger partial charge in [-0.3, -0.25) is 4.79 Å². The minimum absolute atomic E-state index is 0.0372. The molecule has 20 heavy (non-hydrogen) atoms. The van der Waals surface area contributed by atoms with E-state index in [1.165, 1.54) is 12.3 Å². The van der Waals surface area contributed by atoms with Crippen molar-refractivity contribution in [2.45, 2.75) is 0 Å². The average Bonchev–Trinajstić information content (AvgIpc) is 2.81. The van der Waals surface area contributed by atoms with E-state index in [0.717, 1.165) is 5.39 Å². The molecule has 7 heteroatoms. The molecule has 100 valence electrons. The van der Waals surface area contributed by atoms with Crippen LogP contribution < -0.4 is 5.32 Å². The van der Waals surface area contributed by atoms with Gasteiger partial charge >= 0.3 is 0 Å². The third-order valence-corrected chi connectivity index (χ3v) is 3.00. The average molecular weight is 308 g/mol. The minimum Gasteiger partial charge on any atom is -0.463 e. The van der Waals surface area contributed by atoms with Gasteiger partial charge < -0.3 is 9.73 Å². The summed E-state index contributed by atoms with van der Waals surface area (Å²) in [7, 11) is 0. The zero-order valence-corrected chi connectivity index (χ0v) is 11.4. The van der Waals surface area contributed by atoms with Crippen molar-refractivity contribution in [1.82, 2.24) is 9.97 Å². The molecule has 0 atom stereocenters. The maximum atomic E-state index is 12.2.